The average molecular weight is 230 g/mol. The number of hydrogen-bond acceptors (Lipinski definition) is 3. The monoisotopic (exact) mass is 230 g/mol. The molecule has 1 N–H and O–H groups in total. The summed E-state index contributed by atoms with van der Waals surface area (Å²) in [6.45, 7) is 5.82. The van der Waals surface area contributed by atoms with Crippen LogP contribution in [0.5, 0.6) is 0 Å². The SMILES string of the molecule is Cc1cncc(CNCc2cnn(C)c2C)c1. The molecule has 2 aromatic rings. The van der Waals surface area contributed by atoms with Crippen molar-refractivity contribution in [3.8, 4) is 0 Å². The number of aromatic nitrogens is 3. The van der Waals surface area contributed by atoms with Crippen LogP contribution < -0.4 is 5.32 Å². The van der Waals surface area contributed by atoms with Crippen LogP contribution in [0.3, 0.4) is 0 Å². The van der Waals surface area contributed by atoms with E-state index in [1.54, 1.807) is 0 Å². The smallest absolute Gasteiger partial charge is 0.0537 e. The van der Waals surface area contributed by atoms with E-state index in [2.05, 4.69) is 35.3 Å². The second-order valence-electron chi connectivity index (χ2n) is 4.35. The summed E-state index contributed by atoms with van der Waals surface area (Å²) in [6.07, 6.45) is 5.68. The van der Waals surface area contributed by atoms with Gasteiger partial charge in [-0.15, -0.1) is 0 Å². The largest absolute Gasteiger partial charge is 0.308 e. The van der Waals surface area contributed by atoms with Crippen molar-refractivity contribution in [2.45, 2.75) is 26.9 Å². The highest BCUT2D eigenvalue weighted by molar-refractivity contribution is 5.18. The molecule has 0 spiro atoms. The van der Waals surface area contributed by atoms with Gasteiger partial charge in [0.25, 0.3) is 0 Å². The first-order chi connectivity index (χ1) is 8.16. The molecular formula is C13H18N4. The lowest BCUT2D eigenvalue weighted by molar-refractivity contribution is 0.682. The molecule has 0 amide bonds. The zero-order valence-electron chi connectivity index (χ0n) is 10.6. The van der Waals surface area contributed by atoms with Crippen molar-refractivity contribution >= 4 is 0 Å². The van der Waals surface area contributed by atoms with Gasteiger partial charge in [0.2, 0.25) is 0 Å². The summed E-state index contributed by atoms with van der Waals surface area (Å²) in [4.78, 5) is 4.18. The number of nitrogens with zero attached hydrogens (tertiary/aromatic N) is 3. The van der Waals surface area contributed by atoms with Gasteiger partial charge in [-0.2, -0.15) is 5.10 Å². The van der Waals surface area contributed by atoms with Gasteiger partial charge in [0, 0.05) is 43.8 Å². The lowest BCUT2D eigenvalue weighted by Crippen LogP contribution is -2.13. The molecule has 0 fully saturated rings. The molecule has 2 aromatic heterocycles. The Morgan fingerprint density at radius 1 is 1.18 bits per heavy atom. The fourth-order valence-electron chi connectivity index (χ4n) is 1.77. The first-order valence-electron chi connectivity index (χ1n) is 5.75. The summed E-state index contributed by atoms with van der Waals surface area (Å²) in [5.41, 5.74) is 4.86. The van der Waals surface area contributed by atoms with Gasteiger partial charge in [0.15, 0.2) is 0 Å². The summed E-state index contributed by atoms with van der Waals surface area (Å²) in [7, 11) is 1.96. The number of aryl methyl sites for hydroxylation is 2. The van der Waals surface area contributed by atoms with Crippen molar-refractivity contribution in [1.82, 2.24) is 20.1 Å². The maximum atomic E-state index is 4.22. The van der Waals surface area contributed by atoms with Crippen molar-refractivity contribution in [2.75, 3.05) is 0 Å². The van der Waals surface area contributed by atoms with E-state index in [9.17, 15) is 0 Å². The highest BCUT2D eigenvalue weighted by Crippen LogP contribution is 2.06. The minimum atomic E-state index is 0.836. The Kier molecular flexibility index (Phi) is 3.54. The molecule has 0 atom stereocenters. The lowest BCUT2D eigenvalue weighted by atomic mass is 10.2. The second-order valence-corrected chi connectivity index (χ2v) is 4.35. The van der Waals surface area contributed by atoms with Crippen LogP contribution in [0, 0.1) is 13.8 Å². The Morgan fingerprint density at radius 3 is 2.65 bits per heavy atom. The van der Waals surface area contributed by atoms with Gasteiger partial charge in [-0.3, -0.25) is 9.67 Å². The highest BCUT2D eigenvalue weighted by Gasteiger charge is 2.02. The summed E-state index contributed by atoms with van der Waals surface area (Å²) < 4.78 is 1.89. The van der Waals surface area contributed by atoms with E-state index in [0.717, 1.165) is 13.1 Å². The standard InChI is InChI=1S/C13H18N4/c1-10-4-12(6-14-5-10)7-15-8-13-9-16-17(3)11(13)2/h4-6,9,15H,7-8H2,1-3H3. The molecule has 0 aliphatic carbocycles. The molecule has 4 heteroatoms. The van der Waals surface area contributed by atoms with E-state index in [0.29, 0.717) is 0 Å². The van der Waals surface area contributed by atoms with Crippen molar-refractivity contribution in [3.05, 3.63) is 47.0 Å². The number of nitrogens with one attached hydrogen (secondary N) is 1. The molecule has 0 saturated carbocycles. The van der Waals surface area contributed by atoms with Crippen LogP contribution in [0.2, 0.25) is 0 Å². The van der Waals surface area contributed by atoms with Crippen LogP contribution in [0.1, 0.15) is 22.4 Å². The van der Waals surface area contributed by atoms with Crippen LogP contribution in [0.15, 0.2) is 24.7 Å². The van der Waals surface area contributed by atoms with Crippen molar-refractivity contribution in [2.24, 2.45) is 7.05 Å². The minimum Gasteiger partial charge on any atom is -0.308 e. The van der Waals surface area contributed by atoms with E-state index >= 15 is 0 Å². The predicted octanol–water partition coefficient (Wildman–Crippen LogP) is 1.72. The Hall–Kier alpha value is -1.68. The van der Waals surface area contributed by atoms with Crippen LogP contribution in [0.25, 0.3) is 0 Å². The van der Waals surface area contributed by atoms with Crippen molar-refractivity contribution < 1.29 is 0 Å². The summed E-state index contributed by atoms with van der Waals surface area (Å²) in [5, 5.41) is 7.63. The van der Waals surface area contributed by atoms with E-state index < -0.39 is 0 Å². The fraction of sp³-hybridized carbons (Fsp3) is 0.385. The fourth-order valence-corrected chi connectivity index (χ4v) is 1.77. The van der Waals surface area contributed by atoms with E-state index in [1.807, 2.05) is 30.3 Å². The van der Waals surface area contributed by atoms with Crippen molar-refractivity contribution in [1.29, 1.82) is 0 Å². The average Bonchev–Trinajstić information content (AvgIpc) is 2.61. The third-order valence-electron chi connectivity index (χ3n) is 2.91. The normalized spacial score (nSPS) is 10.8. The molecule has 90 valence electrons. The molecule has 4 nitrogen and oxygen atoms in total. The van der Waals surface area contributed by atoms with Crippen molar-refractivity contribution in [3.63, 3.8) is 0 Å². The van der Waals surface area contributed by atoms with E-state index in [-0.39, 0.29) is 0 Å². The number of pyridine rings is 1. The van der Waals surface area contributed by atoms with Gasteiger partial charge in [0.1, 0.15) is 0 Å². The summed E-state index contributed by atoms with van der Waals surface area (Å²) >= 11 is 0. The summed E-state index contributed by atoms with van der Waals surface area (Å²) in [6, 6.07) is 2.15. The van der Waals surface area contributed by atoms with Gasteiger partial charge < -0.3 is 5.32 Å². The van der Waals surface area contributed by atoms with Crippen LogP contribution in [0.4, 0.5) is 0 Å². The van der Waals surface area contributed by atoms with Crippen LogP contribution in [-0.2, 0) is 20.1 Å². The van der Waals surface area contributed by atoms with E-state index in [4.69, 9.17) is 0 Å². The molecule has 0 unspecified atom stereocenters. The van der Waals surface area contributed by atoms with Crippen LogP contribution in [-0.4, -0.2) is 14.8 Å². The van der Waals surface area contributed by atoms with Gasteiger partial charge in [-0.05, 0) is 25.0 Å². The molecule has 0 bridgehead atoms. The first kappa shape index (κ1) is 11.8. The molecule has 0 aliphatic rings. The lowest BCUT2D eigenvalue weighted by Gasteiger charge is -2.05. The third kappa shape index (κ3) is 2.91. The van der Waals surface area contributed by atoms with Gasteiger partial charge in [-0.1, -0.05) is 6.07 Å². The predicted molar refractivity (Wildman–Crippen MR) is 67.5 cm³/mol. The van der Waals surface area contributed by atoms with E-state index in [1.165, 1.54) is 22.4 Å². The molecular weight excluding hydrogens is 212 g/mol. The topological polar surface area (TPSA) is 42.7 Å². The van der Waals surface area contributed by atoms with Gasteiger partial charge in [0.05, 0.1) is 6.20 Å². The Labute approximate surface area is 102 Å². The minimum absolute atomic E-state index is 0.836. The highest BCUT2D eigenvalue weighted by atomic mass is 15.3. The van der Waals surface area contributed by atoms with Gasteiger partial charge in [-0.25, -0.2) is 0 Å². The number of rotatable bonds is 4. The Morgan fingerprint density at radius 2 is 2.00 bits per heavy atom. The molecule has 0 saturated heterocycles. The summed E-state index contributed by atoms with van der Waals surface area (Å²) in [5.74, 6) is 0. The van der Waals surface area contributed by atoms with Crippen LogP contribution >= 0.6 is 0 Å². The zero-order valence-corrected chi connectivity index (χ0v) is 10.6. The van der Waals surface area contributed by atoms with Gasteiger partial charge >= 0.3 is 0 Å². The maximum absolute atomic E-state index is 4.22. The Bertz CT molecular complexity index is 502. The maximum Gasteiger partial charge on any atom is 0.0537 e. The Balaban J connectivity index is 1.90. The zero-order chi connectivity index (χ0) is 12.3. The molecule has 2 heterocycles. The quantitative estimate of drug-likeness (QED) is 0.869. The molecule has 17 heavy (non-hydrogen) atoms. The molecule has 0 radical (unpaired) electrons. The first-order valence-corrected chi connectivity index (χ1v) is 5.75. The molecule has 0 aromatic carbocycles. The second kappa shape index (κ2) is 5.10. The third-order valence-corrected chi connectivity index (χ3v) is 2.91. The molecule has 0 aliphatic heterocycles. The molecule has 2 rings (SSSR count). The number of hydrogen-bond donors (Lipinski definition) is 1.